The molecule has 39 heavy (non-hydrogen) atoms. The molecule has 1 aliphatic heterocycles. The number of hydrogen-bond donors (Lipinski definition) is 1. The molecule has 8 nitrogen and oxygen atoms in total. The Morgan fingerprint density at radius 3 is 2.59 bits per heavy atom. The SMILES string of the molecule is COc1cccc(-c2cc(-c3ccccc3)nc(SCCC(=O)Nc3ccc4c(c3)OCO4)c2C#N)c1OC. The lowest BCUT2D eigenvalue weighted by Gasteiger charge is -2.16. The summed E-state index contributed by atoms with van der Waals surface area (Å²) < 4.78 is 21.9. The van der Waals surface area contributed by atoms with Crippen molar-refractivity contribution in [3.8, 4) is 51.5 Å². The van der Waals surface area contributed by atoms with E-state index in [2.05, 4.69) is 11.4 Å². The fraction of sp³-hybridized carbons (Fsp3) is 0.167. The van der Waals surface area contributed by atoms with Gasteiger partial charge in [-0.3, -0.25) is 4.79 Å². The number of hydrogen-bond acceptors (Lipinski definition) is 8. The number of anilines is 1. The topological polar surface area (TPSA) is 103 Å². The molecule has 0 bridgehead atoms. The Balaban J connectivity index is 1.43. The van der Waals surface area contributed by atoms with Crippen LogP contribution in [0.15, 0.2) is 77.8 Å². The van der Waals surface area contributed by atoms with Crippen molar-refractivity contribution in [1.29, 1.82) is 5.26 Å². The van der Waals surface area contributed by atoms with Crippen LogP contribution in [-0.2, 0) is 4.79 Å². The van der Waals surface area contributed by atoms with Crippen molar-refractivity contribution in [1.82, 2.24) is 4.98 Å². The van der Waals surface area contributed by atoms with Crippen molar-refractivity contribution in [3.05, 3.63) is 78.4 Å². The van der Waals surface area contributed by atoms with Crippen LogP contribution < -0.4 is 24.3 Å². The van der Waals surface area contributed by atoms with E-state index in [-0.39, 0.29) is 19.1 Å². The van der Waals surface area contributed by atoms with Crippen LogP contribution in [0.3, 0.4) is 0 Å². The largest absolute Gasteiger partial charge is 0.493 e. The van der Waals surface area contributed by atoms with E-state index in [1.54, 1.807) is 32.4 Å². The van der Waals surface area contributed by atoms with Gasteiger partial charge in [0.2, 0.25) is 12.7 Å². The number of benzene rings is 3. The Labute approximate surface area is 230 Å². The molecule has 0 saturated heterocycles. The molecule has 0 spiro atoms. The molecular weight excluding hydrogens is 514 g/mol. The number of methoxy groups -OCH3 is 2. The van der Waals surface area contributed by atoms with Crippen LogP contribution >= 0.6 is 11.8 Å². The van der Waals surface area contributed by atoms with Crippen LogP contribution in [0.2, 0.25) is 0 Å². The second kappa shape index (κ2) is 11.8. The Morgan fingerprint density at radius 2 is 1.82 bits per heavy atom. The van der Waals surface area contributed by atoms with Gasteiger partial charge in [0.25, 0.3) is 0 Å². The van der Waals surface area contributed by atoms with Gasteiger partial charge in [-0.1, -0.05) is 42.5 Å². The zero-order valence-electron chi connectivity index (χ0n) is 21.4. The Bertz CT molecular complexity index is 1550. The molecule has 0 fully saturated rings. The average Bonchev–Trinajstić information content (AvgIpc) is 3.44. The summed E-state index contributed by atoms with van der Waals surface area (Å²) >= 11 is 1.36. The number of amides is 1. The lowest BCUT2D eigenvalue weighted by molar-refractivity contribution is -0.115. The third-order valence-corrected chi connectivity index (χ3v) is 7.06. The Kier molecular flexibility index (Phi) is 7.85. The maximum Gasteiger partial charge on any atom is 0.231 e. The summed E-state index contributed by atoms with van der Waals surface area (Å²) in [7, 11) is 3.14. The van der Waals surface area contributed by atoms with Gasteiger partial charge < -0.3 is 24.3 Å². The summed E-state index contributed by atoms with van der Waals surface area (Å²) in [5.41, 5.74) is 4.05. The number of carbonyl (C=O) groups excluding carboxylic acids is 1. The first-order valence-corrected chi connectivity index (χ1v) is 13.1. The molecular formula is C30H25N3O5S. The molecule has 1 aromatic heterocycles. The summed E-state index contributed by atoms with van der Waals surface area (Å²) in [4.78, 5) is 17.5. The predicted octanol–water partition coefficient (Wildman–Crippen LogP) is 6.15. The van der Waals surface area contributed by atoms with Crippen molar-refractivity contribution >= 4 is 23.4 Å². The van der Waals surface area contributed by atoms with E-state index in [0.717, 1.165) is 11.1 Å². The van der Waals surface area contributed by atoms with Crippen LogP contribution in [0, 0.1) is 11.3 Å². The molecule has 0 aliphatic carbocycles. The number of nitrogens with one attached hydrogen (secondary N) is 1. The van der Waals surface area contributed by atoms with E-state index in [0.29, 0.717) is 56.3 Å². The van der Waals surface area contributed by atoms with E-state index >= 15 is 0 Å². The number of ether oxygens (including phenoxy) is 4. The molecule has 0 unspecified atom stereocenters. The lowest BCUT2D eigenvalue weighted by atomic mass is 9.98. The van der Waals surface area contributed by atoms with Crippen molar-refractivity contribution in [2.24, 2.45) is 0 Å². The monoisotopic (exact) mass is 539 g/mol. The minimum atomic E-state index is -0.159. The number of aromatic nitrogens is 1. The molecule has 1 aliphatic rings. The summed E-state index contributed by atoms with van der Waals surface area (Å²) in [6.07, 6.45) is 0.221. The molecule has 2 heterocycles. The molecule has 3 aromatic carbocycles. The first-order valence-electron chi connectivity index (χ1n) is 12.2. The molecule has 4 aromatic rings. The van der Waals surface area contributed by atoms with Gasteiger partial charge >= 0.3 is 0 Å². The van der Waals surface area contributed by atoms with E-state index in [9.17, 15) is 10.1 Å². The van der Waals surface area contributed by atoms with Crippen molar-refractivity contribution in [3.63, 3.8) is 0 Å². The van der Waals surface area contributed by atoms with Gasteiger partial charge in [0.05, 0.1) is 25.5 Å². The van der Waals surface area contributed by atoms with Gasteiger partial charge in [-0.05, 0) is 24.3 Å². The summed E-state index contributed by atoms with van der Waals surface area (Å²) in [5.74, 6) is 2.61. The second-order valence-corrected chi connectivity index (χ2v) is 9.55. The maximum absolute atomic E-state index is 12.7. The summed E-state index contributed by atoms with van der Waals surface area (Å²) in [6.45, 7) is 0.170. The zero-order chi connectivity index (χ0) is 27.2. The van der Waals surface area contributed by atoms with Crippen LogP contribution in [0.25, 0.3) is 22.4 Å². The number of thioether (sulfide) groups is 1. The summed E-state index contributed by atoms with van der Waals surface area (Å²) in [5, 5.41) is 13.6. The fourth-order valence-corrected chi connectivity index (χ4v) is 5.18. The van der Waals surface area contributed by atoms with Gasteiger partial charge in [-0.25, -0.2) is 4.98 Å². The molecule has 0 radical (unpaired) electrons. The molecule has 1 N–H and O–H groups in total. The third kappa shape index (κ3) is 5.61. The number of fused-ring (bicyclic) bond motifs is 1. The van der Waals surface area contributed by atoms with E-state index in [1.165, 1.54) is 11.8 Å². The smallest absolute Gasteiger partial charge is 0.231 e. The van der Waals surface area contributed by atoms with Gasteiger partial charge in [0.1, 0.15) is 11.1 Å². The number of carbonyl (C=O) groups is 1. The van der Waals surface area contributed by atoms with Crippen molar-refractivity contribution < 1.29 is 23.7 Å². The van der Waals surface area contributed by atoms with Crippen molar-refractivity contribution in [2.75, 3.05) is 32.1 Å². The molecule has 1 amide bonds. The molecule has 9 heteroatoms. The average molecular weight is 540 g/mol. The van der Waals surface area contributed by atoms with E-state index in [1.807, 2.05) is 54.6 Å². The highest BCUT2D eigenvalue weighted by atomic mass is 32.2. The van der Waals surface area contributed by atoms with Gasteiger partial charge in [-0.2, -0.15) is 5.26 Å². The zero-order valence-corrected chi connectivity index (χ0v) is 22.2. The normalized spacial score (nSPS) is 11.5. The summed E-state index contributed by atoms with van der Waals surface area (Å²) in [6, 6.07) is 24.8. The molecule has 0 atom stereocenters. The minimum absolute atomic E-state index is 0.159. The van der Waals surface area contributed by atoms with Gasteiger partial charge in [-0.15, -0.1) is 11.8 Å². The van der Waals surface area contributed by atoms with Gasteiger partial charge in [0, 0.05) is 40.6 Å². The fourth-order valence-electron chi connectivity index (χ4n) is 4.24. The highest BCUT2D eigenvalue weighted by Gasteiger charge is 2.21. The minimum Gasteiger partial charge on any atom is -0.493 e. The lowest BCUT2D eigenvalue weighted by Crippen LogP contribution is -2.12. The maximum atomic E-state index is 12.7. The molecule has 5 rings (SSSR count). The Morgan fingerprint density at radius 1 is 1.00 bits per heavy atom. The number of nitriles is 1. The second-order valence-electron chi connectivity index (χ2n) is 8.47. The Hall–Kier alpha value is -4.68. The highest BCUT2D eigenvalue weighted by molar-refractivity contribution is 7.99. The molecule has 0 saturated carbocycles. The van der Waals surface area contributed by atoms with Crippen LogP contribution in [0.5, 0.6) is 23.0 Å². The number of para-hydroxylation sites is 1. The first-order chi connectivity index (χ1) is 19.1. The number of nitrogens with zero attached hydrogens (tertiary/aromatic N) is 2. The van der Waals surface area contributed by atoms with E-state index in [4.69, 9.17) is 23.9 Å². The number of pyridine rings is 1. The van der Waals surface area contributed by atoms with Crippen molar-refractivity contribution in [2.45, 2.75) is 11.4 Å². The van der Waals surface area contributed by atoms with E-state index < -0.39 is 0 Å². The number of rotatable bonds is 9. The quantitative estimate of drug-likeness (QED) is 0.253. The van der Waals surface area contributed by atoms with Crippen LogP contribution in [0.1, 0.15) is 12.0 Å². The predicted molar refractivity (Wildman–Crippen MR) is 149 cm³/mol. The van der Waals surface area contributed by atoms with Crippen LogP contribution in [0.4, 0.5) is 5.69 Å². The molecule has 196 valence electrons. The standard InChI is InChI=1S/C30H25N3O5S/c1-35-26-10-6-9-21(29(26)36-2)22-16-24(19-7-4-3-5-8-19)33-30(23(22)17-31)39-14-13-28(34)32-20-11-12-25-27(15-20)38-18-37-25/h3-12,15-16H,13-14,18H2,1-2H3,(H,32,34). The highest BCUT2D eigenvalue weighted by Crippen LogP contribution is 2.42. The van der Waals surface area contributed by atoms with Gasteiger partial charge in [0.15, 0.2) is 23.0 Å². The first kappa shape index (κ1) is 25.9. The third-order valence-electron chi connectivity index (χ3n) is 6.08. The van der Waals surface area contributed by atoms with Crippen LogP contribution in [-0.4, -0.2) is 37.7 Å².